The van der Waals surface area contributed by atoms with E-state index in [0.29, 0.717) is 22.7 Å². The minimum absolute atomic E-state index is 0.271. The van der Waals surface area contributed by atoms with Gasteiger partial charge in [-0.05, 0) is 66.6 Å². The van der Waals surface area contributed by atoms with Crippen molar-refractivity contribution in [3.63, 3.8) is 0 Å². The van der Waals surface area contributed by atoms with Crippen molar-refractivity contribution in [1.29, 1.82) is 0 Å². The van der Waals surface area contributed by atoms with E-state index in [1.165, 1.54) is 30.5 Å². The number of anilines is 2. The fraction of sp³-hybridized carbons (Fsp3) is 0.0870. The minimum Gasteiger partial charge on any atom is -0.482 e. The zero-order valence-corrected chi connectivity index (χ0v) is 17.8. The number of hydrazone groups is 1. The van der Waals surface area contributed by atoms with Crippen LogP contribution in [0.15, 0.2) is 71.8 Å². The first-order valence-electron chi connectivity index (χ1n) is 9.54. The molecule has 7 nitrogen and oxygen atoms in total. The molecule has 3 amide bonds. The Morgan fingerprint density at radius 3 is 2.53 bits per heavy atom. The van der Waals surface area contributed by atoms with Crippen LogP contribution in [-0.2, 0) is 4.79 Å². The second-order valence-electron chi connectivity index (χ2n) is 6.67. The predicted octanol–water partition coefficient (Wildman–Crippen LogP) is 4.96. The van der Waals surface area contributed by atoms with Gasteiger partial charge in [0.05, 0.1) is 11.2 Å². The number of hydrogen-bond donors (Lipinski definition) is 3. The summed E-state index contributed by atoms with van der Waals surface area (Å²) < 4.78 is 18.3. The molecule has 0 heterocycles. The van der Waals surface area contributed by atoms with Crippen molar-refractivity contribution in [3.8, 4) is 5.75 Å². The van der Waals surface area contributed by atoms with Crippen molar-refractivity contribution < 1.29 is 18.7 Å². The Kier molecular flexibility index (Phi) is 7.77. The summed E-state index contributed by atoms with van der Waals surface area (Å²) in [6.45, 7) is 1.61. The molecule has 0 aliphatic heterocycles. The number of halogens is 2. The molecule has 0 saturated carbocycles. The fourth-order valence-electron chi connectivity index (χ4n) is 2.62. The third-order valence-corrected chi connectivity index (χ3v) is 4.51. The van der Waals surface area contributed by atoms with Crippen LogP contribution in [0, 0.1) is 12.7 Å². The van der Waals surface area contributed by atoms with Gasteiger partial charge >= 0.3 is 6.03 Å². The van der Waals surface area contributed by atoms with Crippen molar-refractivity contribution in [2.45, 2.75) is 6.92 Å². The smallest absolute Gasteiger partial charge is 0.339 e. The van der Waals surface area contributed by atoms with Crippen molar-refractivity contribution in [2.24, 2.45) is 5.10 Å². The van der Waals surface area contributed by atoms with Crippen LogP contribution in [0.5, 0.6) is 5.75 Å². The van der Waals surface area contributed by atoms with Crippen LogP contribution in [-0.4, -0.2) is 24.8 Å². The van der Waals surface area contributed by atoms with Crippen LogP contribution in [0.25, 0.3) is 0 Å². The zero-order chi connectivity index (χ0) is 22.9. The van der Waals surface area contributed by atoms with E-state index in [-0.39, 0.29) is 11.6 Å². The van der Waals surface area contributed by atoms with Gasteiger partial charge < -0.3 is 15.4 Å². The topological polar surface area (TPSA) is 91.8 Å². The van der Waals surface area contributed by atoms with Gasteiger partial charge in [0.15, 0.2) is 6.61 Å². The molecule has 0 aliphatic carbocycles. The second-order valence-corrected chi connectivity index (χ2v) is 7.08. The van der Waals surface area contributed by atoms with Crippen LogP contribution in [0.1, 0.15) is 11.1 Å². The summed E-state index contributed by atoms with van der Waals surface area (Å²) >= 11 is 6.20. The lowest BCUT2D eigenvalue weighted by Crippen LogP contribution is -2.24. The number of nitrogens with one attached hydrogen (secondary N) is 3. The molecule has 9 heteroatoms. The van der Waals surface area contributed by atoms with E-state index in [1.54, 1.807) is 24.3 Å². The van der Waals surface area contributed by atoms with Crippen molar-refractivity contribution in [2.75, 3.05) is 17.2 Å². The maximum absolute atomic E-state index is 12.9. The van der Waals surface area contributed by atoms with Crippen molar-refractivity contribution in [3.05, 3.63) is 88.7 Å². The van der Waals surface area contributed by atoms with Gasteiger partial charge in [-0.2, -0.15) is 5.10 Å². The molecule has 32 heavy (non-hydrogen) atoms. The highest BCUT2D eigenvalue weighted by molar-refractivity contribution is 6.32. The quantitative estimate of drug-likeness (QED) is 0.348. The molecule has 164 valence electrons. The molecule has 0 radical (unpaired) electrons. The lowest BCUT2D eigenvalue weighted by molar-refractivity contribution is -0.118. The highest BCUT2D eigenvalue weighted by Crippen LogP contribution is 2.25. The molecule has 0 fully saturated rings. The monoisotopic (exact) mass is 454 g/mol. The maximum Gasteiger partial charge on any atom is 0.339 e. The number of carbonyl (C=O) groups is 2. The van der Waals surface area contributed by atoms with Gasteiger partial charge in [0.1, 0.15) is 11.6 Å². The van der Waals surface area contributed by atoms with Crippen molar-refractivity contribution >= 4 is 41.1 Å². The highest BCUT2D eigenvalue weighted by atomic mass is 35.5. The molecule has 0 bridgehead atoms. The average molecular weight is 455 g/mol. The van der Waals surface area contributed by atoms with Gasteiger partial charge in [0.2, 0.25) is 0 Å². The number of carbonyl (C=O) groups excluding carboxylic acids is 2. The van der Waals surface area contributed by atoms with E-state index in [9.17, 15) is 14.0 Å². The molecule has 3 N–H and O–H groups in total. The Labute approximate surface area is 189 Å². The van der Waals surface area contributed by atoms with E-state index in [0.717, 1.165) is 5.56 Å². The molecular formula is C23H20ClFN4O3. The first-order valence-corrected chi connectivity index (χ1v) is 9.92. The average Bonchev–Trinajstić information content (AvgIpc) is 2.76. The number of aryl methyl sites for hydroxylation is 1. The summed E-state index contributed by atoms with van der Waals surface area (Å²) in [6, 6.07) is 17.1. The van der Waals surface area contributed by atoms with Gasteiger partial charge in [0.25, 0.3) is 5.91 Å². The second kappa shape index (κ2) is 10.9. The van der Waals surface area contributed by atoms with Gasteiger partial charge in [-0.1, -0.05) is 29.8 Å². The fourth-order valence-corrected chi connectivity index (χ4v) is 2.86. The van der Waals surface area contributed by atoms with Crippen LogP contribution in [0.4, 0.5) is 20.6 Å². The SMILES string of the molecule is Cc1ccccc1NC(=O)NN=Cc1ccc(OCC(=O)Nc2ccc(F)cc2)c(Cl)c1. The number of hydrogen-bond acceptors (Lipinski definition) is 4. The molecule has 0 spiro atoms. The number of benzene rings is 3. The molecule has 0 unspecified atom stereocenters. The molecule has 0 saturated heterocycles. The Morgan fingerprint density at radius 1 is 1.06 bits per heavy atom. The van der Waals surface area contributed by atoms with E-state index >= 15 is 0 Å². The Morgan fingerprint density at radius 2 is 1.81 bits per heavy atom. The van der Waals surface area contributed by atoms with Crippen LogP contribution >= 0.6 is 11.6 Å². The molecule has 3 rings (SSSR count). The Bertz CT molecular complexity index is 1140. The molecule has 0 aromatic heterocycles. The molecule has 3 aromatic carbocycles. The van der Waals surface area contributed by atoms with Gasteiger partial charge in [0, 0.05) is 11.4 Å². The summed E-state index contributed by atoms with van der Waals surface area (Å²) in [6.07, 6.45) is 1.42. The summed E-state index contributed by atoms with van der Waals surface area (Å²) in [5.41, 5.74) is 5.07. The third-order valence-electron chi connectivity index (χ3n) is 4.22. The minimum atomic E-state index is -0.478. The zero-order valence-electron chi connectivity index (χ0n) is 17.1. The summed E-state index contributed by atoms with van der Waals surface area (Å²) in [5.74, 6) is -0.498. The summed E-state index contributed by atoms with van der Waals surface area (Å²) in [5, 5.41) is 9.45. The largest absolute Gasteiger partial charge is 0.482 e. The predicted molar refractivity (Wildman–Crippen MR) is 123 cm³/mol. The summed E-state index contributed by atoms with van der Waals surface area (Å²) in [7, 11) is 0. The Hall–Kier alpha value is -3.91. The molecule has 0 aliphatic rings. The van der Waals surface area contributed by atoms with Crippen LogP contribution < -0.4 is 20.8 Å². The first-order chi connectivity index (χ1) is 15.4. The summed E-state index contributed by atoms with van der Waals surface area (Å²) in [4.78, 5) is 23.9. The number of ether oxygens (including phenoxy) is 1. The third kappa shape index (κ3) is 6.82. The number of amides is 3. The molecule has 0 atom stereocenters. The van der Waals surface area contributed by atoms with Gasteiger partial charge in [-0.25, -0.2) is 14.6 Å². The first kappa shape index (κ1) is 22.8. The van der Waals surface area contributed by atoms with E-state index in [4.69, 9.17) is 16.3 Å². The number of urea groups is 1. The van der Waals surface area contributed by atoms with Gasteiger partial charge in [-0.15, -0.1) is 0 Å². The molecule has 3 aromatic rings. The Balaban J connectivity index is 1.48. The lowest BCUT2D eigenvalue weighted by Gasteiger charge is -2.09. The number of rotatable bonds is 7. The molecular weight excluding hydrogens is 435 g/mol. The standard InChI is InChI=1S/C23H20ClFN4O3/c1-15-4-2-3-5-20(15)28-23(31)29-26-13-16-6-11-21(19(24)12-16)32-14-22(30)27-18-9-7-17(25)8-10-18/h2-13H,14H2,1H3,(H,27,30)(H2,28,29,31). The van der Waals surface area contributed by atoms with Gasteiger partial charge in [-0.3, -0.25) is 4.79 Å². The lowest BCUT2D eigenvalue weighted by atomic mass is 10.2. The van der Waals surface area contributed by atoms with Crippen molar-refractivity contribution in [1.82, 2.24) is 5.43 Å². The normalized spacial score (nSPS) is 10.6. The highest BCUT2D eigenvalue weighted by Gasteiger charge is 2.08. The number of nitrogens with zero attached hydrogens (tertiary/aromatic N) is 1. The van der Waals surface area contributed by atoms with E-state index in [2.05, 4.69) is 21.2 Å². The maximum atomic E-state index is 12.9. The van der Waals surface area contributed by atoms with Crippen LogP contribution in [0.3, 0.4) is 0 Å². The number of para-hydroxylation sites is 1. The van der Waals surface area contributed by atoms with E-state index in [1.807, 2.05) is 25.1 Å². The van der Waals surface area contributed by atoms with Crippen LogP contribution in [0.2, 0.25) is 5.02 Å². The van der Waals surface area contributed by atoms with E-state index < -0.39 is 17.8 Å².